The van der Waals surface area contributed by atoms with Crippen LogP contribution in [0.3, 0.4) is 0 Å². The number of carboxylic acid groups (broad SMARTS) is 1. The molecule has 0 aliphatic rings. The lowest BCUT2D eigenvalue weighted by molar-refractivity contribution is 0.209. The van der Waals surface area contributed by atoms with Crippen molar-refractivity contribution >= 4 is 11.8 Å². The fourth-order valence-electron chi connectivity index (χ4n) is 1.18. The molecule has 14 heavy (non-hydrogen) atoms. The molecule has 0 spiro atoms. The Morgan fingerprint density at radius 3 is 2.86 bits per heavy atom. The molecule has 1 aromatic rings. The van der Waals surface area contributed by atoms with Crippen molar-refractivity contribution in [3.63, 3.8) is 0 Å². The molecule has 1 rings (SSSR count). The van der Waals surface area contributed by atoms with Gasteiger partial charge in [0.1, 0.15) is 0 Å². The lowest BCUT2D eigenvalue weighted by Gasteiger charge is -2.06. The Balaban J connectivity index is 2.85. The molecule has 1 aromatic carbocycles. The van der Waals surface area contributed by atoms with Gasteiger partial charge in [-0.05, 0) is 25.0 Å². The highest BCUT2D eigenvalue weighted by atomic mass is 16.4. The molecule has 0 atom stereocenters. The summed E-state index contributed by atoms with van der Waals surface area (Å²) in [5, 5.41) is 11.0. The largest absolute Gasteiger partial charge is 0.465 e. The van der Waals surface area contributed by atoms with E-state index >= 15 is 0 Å². The molecule has 0 fully saturated rings. The number of rotatable bonds is 3. The van der Waals surface area contributed by atoms with Crippen molar-refractivity contribution in [3.05, 3.63) is 42.0 Å². The Bertz CT molecular complexity index is 345. The number of allylic oxidation sites excluding steroid dienone is 2. The van der Waals surface area contributed by atoms with E-state index in [1.165, 1.54) is 0 Å². The predicted molar refractivity (Wildman–Crippen MR) is 56.6 cm³/mol. The zero-order valence-corrected chi connectivity index (χ0v) is 8.03. The van der Waals surface area contributed by atoms with Gasteiger partial charge in [-0.1, -0.05) is 30.4 Å². The molecular weight excluding hydrogens is 178 g/mol. The Morgan fingerprint density at radius 2 is 2.21 bits per heavy atom. The number of anilines is 1. The van der Waals surface area contributed by atoms with Gasteiger partial charge in [0.05, 0.1) is 0 Å². The van der Waals surface area contributed by atoms with Crippen LogP contribution in [-0.4, -0.2) is 11.2 Å². The maximum absolute atomic E-state index is 10.5. The van der Waals surface area contributed by atoms with Crippen LogP contribution in [-0.2, 0) is 6.42 Å². The maximum atomic E-state index is 10.5. The number of nitrogens with one attached hydrogen (secondary N) is 1. The number of hydrogen-bond acceptors (Lipinski definition) is 1. The van der Waals surface area contributed by atoms with Crippen molar-refractivity contribution in [3.8, 4) is 0 Å². The topological polar surface area (TPSA) is 49.3 Å². The summed E-state index contributed by atoms with van der Waals surface area (Å²) < 4.78 is 0. The van der Waals surface area contributed by atoms with Crippen molar-refractivity contribution < 1.29 is 9.90 Å². The van der Waals surface area contributed by atoms with E-state index in [1.807, 2.05) is 37.3 Å². The number of hydrogen-bond donors (Lipinski definition) is 2. The van der Waals surface area contributed by atoms with Crippen molar-refractivity contribution in [2.75, 3.05) is 5.32 Å². The quantitative estimate of drug-likeness (QED) is 0.722. The first-order chi connectivity index (χ1) is 6.74. The Hall–Kier alpha value is -1.77. The number of amides is 1. The second-order valence-electron chi connectivity index (χ2n) is 2.86. The molecule has 1 amide bonds. The Kier molecular flexibility index (Phi) is 3.73. The van der Waals surface area contributed by atoms with Gasteiger partial charge >= 0.3 is 6.09 Å². The van der Waals surface area contributed by atoms with Gasteiger partial charge in [-0.2, -0.15) is 0 Å². The van der Waals surface area contributed by atoms with Crippen LogP contribution in [0.25, 0.3) is 0 Å². The lowest BCUT2D eigenvalue weighted by atomic mass is 10.1. The summed E-state index contributed by atoms with van der Waals surface area (Å²) in [6.45, 7) is 1.94. The molecule has 0 saturated heterocycles. The minimum absolute atomic E-state index is 0.651. The van der Waals surface area contributed by atoms with E-state index in [4.69, 9.17) is 5.11 Å². The molecule has 0 heterocycles. The van der Waals surface area contributed by atoms with Gasteiger partial charge in [0.15, 0.2) is 0 Å². The standard InChI is InChI=1S/C11H13NO2/c1-2-3-6-9-7-4-5-8-10(9)12-11(13)14/h2-5,7-8,12H,6H2,1H3,(H,13,14). The second kappa shape index (κ2) is 5.07. The molecule has 0 saturated carbocycles. The minimum atomic E-state index is -1.03. The summed E-state index contributed by atoms with van der Waals surface area (Å²) in [6.07, 6.45) is 3.64. The number of benzene rings is 1. The van der Waals surface area contributed by atoms with Gasteiger partial charge in [0.2, 0.25) is 0 Å². The van der Waals surface area contributed by atoms with Gasteiger partial charge in [-0.15, -0.1) is 0 Å². The zero-order valence-electron chi connectivity index (χ0n) is 8.03. The fourth-order valence-corrected chi connectivity index (χ4v) is 1.18. The number of carbonyl (C=O) groups is 1. The fraction of sp³-hybridized carbons (Fsp3) is 0.182. The minimum Gasteiger partial charge on any atom is -0.465 e. The Labute approximate surface area is 83.1 Å². The number of para-hydroxylation sites is 1. The van der Waals surface area contributed by atoms with E-state index in [2.05, 4.69) is 5.32 Å². The first-order valence-electron chi connectivity index (χ1n) is 4.43. The maximum Gasteiger partial charge on any atom is 0.409 e. The molecule has 74 valence electrons. The molecule has 2 N–H and O–H groups in total. The molecular formula is C11H13NO2. The summed E-state index contributed by atoms with van der Waals surface area (Å²) in [4.78, 5) is 10.5. The summed E-state index contributed by atoms with van der Waals surface area (Å²) in [6, 6.07) is 7.37. The van der Waals surface area contributed by atoms with Crippen LogP contribution < -0.4 is 5.32 Å². The highest BCUT2D eigenvalue weighted by Gasteiger charge is 2.02. The predicted octanol–water partition coefficient (Wildman–Crippen LogP) is 2.90. The van der Waals surface area contributed by atoms with E-state index in [1.54, 1.807) is 6.07 Å². The van der Waals surface area contributed by atoms with Crippen molar-refractivity contribution in [2.24, 2.45) is 0 Å². The summed E-state index contributed by atoms with van der Waals surface area (Å²) in [5.41, 5.74) is 1.63. The zero-order chi connectivity index (χ0) is 10.4. The van der Waals surface area contributed by atoms with E-state index in [0.717, 1.165) is 12.0 Å². The first-order valence-corrected chi connectivity index (χ1v) is 4.43. The SMILES string of the molecule is CC=CCc1ccccc1NC(=O)O. The third-order valence-electron chi connectivity index (χ3n) is 1.83. The summed E-state index contributed by atoms with van der Waals surface area (Å²) >= 11 is 0. The van der Waals surface area contributed by atoms with Crippen molar-refractivity contribution in [1.82, 2.24) is 0 Å². The smallest absolute Gasteiger partial charge is 0.409 e. The normalized spacial score (nSPS) is 10.4. The molecule has 3 heteroatoms. The molecule has 0 aromatic heterocycles. The second-order valence-corrected chi connectivity index (χ2v) is 2.86. The summed E-state index contributed by atoms with van der Waals surface area (Å²) in [7, 11) is 0. The highest BCUT2D eigenvalue weighted by molar-refractivity contribution is 5.84. The molecule has 0 aliphatic carbocycles. The highest BCUT2D eigenvalue weighted by Crippen LogP contribution is 2.15. The van der Waals surface area contributed by atoms with Crippen molar-refractivity contribution in [1.29, 1.82) is 0 Å². The molecule has 3 nitrogen and oxygen atoms in total. The van der Waals surface area contributed by atoms with E-state index in [9.17, 15) is 4.79 Å². The third-order valence-corrected chi connectivity index (χ3v) is 1.83. The molecule has 0 radical (unpaired) electrons. The van der Waals surface area contributed by atoms with Crippen LogP contribution in [0, 0.1) is 0 Å². The van der Waals surface area contributed by atoms with Crippen LogP contribution in [0.5, 0.6) is 0 Å². The lowest BCUT2D eigenvalue weighted by Crippen LogP contribution is -2.08. The average Bonchev–Trinajstić information content (AvgIpc) is 2.16. The van der Waals surface area contributed by atoms with E-state index < -0.39 is 6.09 Å². The van der Waals surface area contributed by atoms with E-state index in [0.29, 0.717) is 5.69 Å². The van der Waals surface area contributed by atoms with Crippen LogP contribution in [0.15, 0.2) is 36.4 Å². The van der Waals surface area contributed by atoms with Gasteiger partial charge < -0.3 is 5.11 Å². The summed E-state index contributed by atoms with van der Waals surface area (Å²) in [5.74, 6) is 0. The monoisotopic (exact) mass is 191 g/mol. The average molecular weight is 191 g/mol. The molecule has 0 unspecified atom stereocenters. The van der Waals surface area contributed by atoms with Crippen LogP contribution in [0.4, 0.5) is 10.5 Å². The first kappa shape index (κ1) is 10.3. The third kappa shape index (κ3) is 2.94. The Morgan fingerprint density at radius 1 is 1.50 bits per heavy atom. The van der Waals surface area contributed by atoms with Crippen molar-refractivity contribution in [2.45, 2.75) is 13.3 Å². The van der Waals surface area contributed by atoms with Gasteiger partial charge in [-0.25, -0.2) is 4.79 Å². The van der Waals surface area contributed by atoms with Crippen LogP contribution >= 0.6 is 0 Å². The van der Waals surface area contributed by atoms with Gasteiger partial charge in [0.25, 0.3) is 0 Å². The van der Waals surface area contributed by atoms with Gasteiger partial charge in [-0.3, -0.25) is 5.32 Å². The molecule has 0 bridgehead atoms. The van der Waals surface area contributed by atoms with Crippen LogP contribution in [0.1, 0.15) is 12.5 Å². The molecule has 0 aliphatic heterocycles. The van der Waals surface area contributed by atoms with E-state index in [-0.39, 0.29) is 0 Å². The van der Waals surface area contributed by atoms with Gasteiger partial charge in [0, 0.05) is 5.69 Å². The van der Waals surface area contributed by atoms with Crippen LogP contribution in [0.2, 0.25) is 0 Å².